The minimum atomic E-state index is -3.73. The minimum absolute atomic E-state index is 0.0986. The van der Waals surface area contributed by atoms with Crippen molar-refractivity contribution in [3.05, 3.63) is 54.1 Å². The third-order valence-corrected chi connectivity index (χ3v) is 7.48. The van der Waals surface area contributed by atoms with Crippen LogP contribution < -0.4 is 0 Å². The second-order valence-electron chi connectivity index (χ2n) is 5.50. The third-order valence-electron chi connectivity index (χ3n) is 3.51. The second kappa shape index (κ2) is 6.32. The number of rotatable bonds is 4. The summed E-state index contributed by atoms with van der Waals surface area (Å²) in [5.74, 6) is 0.246. The van der Waals surface area contributed by atoms with Crippen LogP contribution in [0.3, 0.4) is 0 Å². The van der Waals surface area contributed by atoms with Crippen molar-refractivity contribution in [1.29, 1.82) is 0 Å². The molecule has 25 heavy (non-hydrogen) atoms. The predicted octanol–water partition coefficient (Wildman–Crippen LogP) is 2.75. The standard InChI is InChI=1S/C16H14N2O4S3/c1-11-3-7-14(8-4-11)25(21,22)16-17-15(18-23-16)12-5-9-13(10-6-12)24(2,19)20/h3-10H,1-2H3. The Balaban J connectivity index is 1.96. The van der Waals surface area contributed by atoms with Gasteiger partial charge in [-0.15, -0.1) is 0 Å². The van der Waals surface area contributed by atoms with Gasteiger partial charge in [0.25, 0.3) is 0 Å². The summed E-state index contributed by atoms with van der Waals surface area (Å²) >= 11 is 0.793. The van der Waals surface area contributed by atoms with Crippen molar-refractivity contribution in [2.45, 2.75) is 21.1 Å². The predicted molar refractivity (Wildman–Crippen MR) is 95.1 cm³/mol. The largest absolute Gasteiger partial charge is 0.235 e. The lowest BCUT2D eigenvalue weighted by atomic mass is 10.2. The van der Waals surface area contributed by atoms with E-state index in [0.29, 0.717) is 5.56 Å². The summed E-state index contributed by atoms with van der Waals surface area (Å²) in [7, 11) is -7.02. The molecule has 0 saturated heterocycles. The first kappa shape index (κ1) is 17.7. The zero-order valence-electron chi connectivity index (χ0n) is 13.4. The second-order valence-corrected chi connectivity index (χ2v) is 10.4. The molecule has 0 amide bonds. The Bertz CT molecular complexity index is 1110. The SMILES string of the molecule is Cc1ccc(S(=O)(=O)c2nc(-c3ccc(S(C)(=O)=O)cc3)ns2)cc1. The molecular weight excluding hydrogens is 380 g/mol. The molecule has 0 aliphatic rings. The van der Waals surface area contributed by atoms with Crippen molar-refractivity contribution < 1.29 is 16.8 Å². The van der Waals surface area contributed by atoms with Crippen molar-refractivity contribution in [2.75, 3.05) is 6.26 Å². The van der Waals surface area contributed by atoms with Gasteiger partial charge in [0, 0.05) is 11.8 Å². The molecule has 3 rings (SSSR count). The summed E-state index contributed by atoms with van der Waals surface area (Å²) in [6, 6.07) is 12.5. The van der Waals surface area contributed by atoms with Crippen molar-refractivity contribution in [3.63, 3.8) is 0 Å². The van der Waals surface area contributed by atoms with Crippen LogP contribution in [0.4, 0.5) is 0 Å². The number of aromatic nitrogens is 2. The zero-order valence-corrected chi connectivity index (χ0v) is 15.8. The Labute approximate surface area is 150 Å². The average molecular weight is 394 g/mol. The topological polar surface area (TPSA) is 94.1 Å². The maximum absolute atomic E-state index is 12.6. The number of nitrogens with zero attached hydrogens (tertiary/aromatic N) is 2. The zero-order chi connectivity index (χ0) is 18.2. The Morgan fingerprint density at radius 3 is 1.96 bits per heavy atom. The van der Waals surface area contributed by atoms with Crippen LogP contribution in [0.5, 0.6) is 0 Å². The highest BCUT2D eigenvalue weighted by atomic mass is 32.2. The molecule has 0 unspecified atom stereocenters. The first-order chi connectivity index (χ1) is 11.7. The molecule has 0 aliphatic carbocycles. The molecule has 3 aromatic rings. The molecule has 0 N–H and O–H groups in total. The van der Waals surface area contributed by atoms with Crippen LogP contribution in [0.1, 0.15) is 5.56 Å². The van der Waals surface area contributed by atoms with E-state index < -0.39 is 19.7 Å². The Morgan fingerprint density at radius 2 is 1.40 bits per heavy atom. The smallest absolute Gasteiger partial charge is 0.224 e. The Hall–Kier alpha value is -2.10. The van der Waals surface area contributed by atoms with Gasteiger partial charge in [0.2, 0.25) is 14.2 Å². The van der Waals surface area contributed by atoms with Crippen LogP contribution in [0.25, 0.3) is 11.4 Å². The molecule has 0 fully saturated rings. The van der Waals surface area contributed by atoms with E-state index in [2.05, 4.69) is 9.36 Å². The highest BCUT2D eigenvalue weighted by molar-refractivity contribution is 7.93. The minimum Gasteiger partial charge on any atom is -0.224 e. The molecule has 1 heterocycles. The maximum Gasteiger partial charge on any atom is 0.235 e. The fraction of sp³-hybridized carbons (Fsp3) is 0.125. The monoisotopic (exact) mass is 394 g/mol. The van der Waals surface area contributed by atoms with Crippen LogP contribution in [-0.2, 0) is 19.7 Å². The van der Waals surface area contributed by atoms with E-state index in [1.807, 2.05) is 6.92 Å². The summed E-state index contributed by atoms with van der Waals surface area (Å²) in [5, 5.41) is 0. The van der Waals surface area contributed by atoms with E-state index >= 15 is 0 Å². The fourth-order valence-corrected chi connectivity index (χ4v) is 4.87. The van der Waals surface area contributed by atoms with Crippen LogP contribution in [0, 0.1) is 6.92 Å². The molecule has 0 aliphatic heterocycles. The normalized spacial score (nSPS) is 12.2. The third kappa shape index (κ3) is 3.63. The van der Waals surface area contributed by atoms with Crippen molar-refractivity contribution >= 4 is 31.2 Å². The highest BCUT2D eigenvalue weighted by Gasteiger charge is 2.23. The van der Waals surface area contributed by atoms with Gasteiger partial charge in [-0.3, -0.25) is 0 Å². The van der Waals surface area contributed by atoms with Gasteiger partial charge >= 0.3 is 0 Å². The Morgan fingerprint density at radius 1 is 0.840 bits per heavy atom. The Kier molecular flexibility index (Phi) is 4.48. The van der Waals surface area contributed by atoms with E-state index in [1.54, 1.807) is 24.3 Å². The fourth-order valence-electron chi connectivity index (χ4n) is 2.11. The molecule has 2 aromatic carbocycles. The molecule has 130 valence electrons. The van der Waals surface area contributed by atoms with E-state index in [-0.39, 0.29) is 20.0 Å². The lowest BCUT2D eigenvalue weighted by Gasteiger charge is -2.01. The quantitative estimate of drug-likeness (QED) is 0.675. The molecule has 0 saturated carbocycles. The molecule has 0 bridgehead atoms. The van der Waals surface area contributed by atoms with Gasteiger partial charge in [-0.05, 0) is 54.9 Å². The van der Waals surface area contributed by atoms with Crippen molar-refractivity contribution in [3.8, 4) is 11.4 Å². The van der Waals surface area contributed by atoms with Crippen LogP contribution >= 0.6 is 11.5 Å². The first-order valence-corrected chi connectivity index (χ1v) is 11.3. The maximum atomic E-state index is 12.6. The summed E-state index contributed by atoms with van der Waals surface area (Å²) in [5.41, 5.74) is 1.51. The lowest BCUT2D eigenvalue weighted by molar-refractivity contribution is 0.595. The molecule has 0 spiro atoms. The summed E-state index contributed by atoms with van der Waals surface area (Å²) in [6.45, 7) is 1.87. The van der Waals surface area contributed by atoms with Crippen molar-refractivity contribution in [1.82, 2.24) is 9.36 Å². The number of aryl methyl sites for hydroxylation is 1. The van der Waals surface area contributed by atoms with Crippen LogP contribution in [0.15, 0.2) is 62.7 Å². The van der Waals surface area contributed by atoms with E-state index in [4.69, 9.17) is 0 Å². The number of benzene rings is 2. The molecule has 0 radical (unpaired) electrons. The van der Waals surface area contributed by atoms with Crippen LogP contribution in [0.2, 0.25) is 0 Å². The molecular formula is C16H14N2O4S3. The number of sulfone groups is 2. The van der Waals surface area contributed by atoms with E-state index in [0.717, 1.165) is 23.4 Å². The van der Waals surface area contributed by atoms with Crippen LogP contribution in [-0.4, -0.2) is 32.4 Å². The summed E-state index contributed by atoms with van der Waals surface area (Å²) in [6.07, 6.45) is 1.12. The van der Waals surface area contributed by atoms with Gasteiger partial charge in [-0.2, -0.15) is 4.37 Å². The van der Waals surface area contributed by atoms with E-state index in [1.165, 1.54) is 24.3 Å². The molecule has 9 heteroatoms. The van der Waals surface area contributed by atoms with Gasteiger partial charge in [0.1, 0.15) is 0 Å². The average Bonchev–Trinajstić information content (AvgIpc) is 3.05. The van der Waals surface area contributed by atoms with Gasteiger partial charge < -0.3 is 0 Å². The van der Waals surface area contributed by atoms with Gasteiger partial charge in [-0.25, -0.2) is 21.8 Å². The summed E-state index contributed by atoms with van der Waals surface area (Å²) in [4.78, 5) is 4.45. The van der Waals surface area contributed by atoms with E-state index in [9.17, 15) is 16.8 Å². The highest BCUT2D eigenvalue weighted by Crippen LogP contribution is 2.26. The molecule has 0 atom stereocenters. The molecule has 6 nitrogen and oxygen atoms in total. The van der Waals surface area contributed by atoms with Gasteiger partial charge in [0.05, 0.1) is 9.79 Å². The van der Waals surface area contributed by atoms with Gasteiger partial charge in [-0.1, -0.05) is 17.7 Å². The van der Waals surface area contributed by atoms with Gasteiger partial charge in [0.15, 0.2) is 15.7 Å². The van der Waals surface area contributed by atoms with Crippen molar-refractivity contribution in [2.24, 2.45) is 0 Å². The summed E-state index contributed by atoms with van der Waals surface area (Å²) < 4.78 is 52.2. The number of hydrogen-bond donors (Lipinski definition) is 0. The first-order valence-electron chi connectivity index (χ1n) is 7.14. The molecule has 1 aromatic heterocycles. The lowest BCUT2D eigenvalue weighted by Crippen LogP contribution is -2.01. The number of hydrogen-bond acceptors (Lipinski definition) is 7.